The van der Waals surface area contributed by atoms with E-state index in [2.05, 4.69) is 15.9 Å². The van der Waals surface area contributed by atoms with Crippen LogP contribution in [-0.2, 0) is 15.6 Å². The molecule has 1 fully saturated rings. The second-order valence-electron chi connectivity index (χ2n) is 4.56. The van der Waals surface area contributed by atoms with E-state index in [9.17, 15) is 9.00 Å². The molecule has 1 saturated heterocycles. The van der Waals surface area contributed by atoms with Gasteiger partial charge in [-0.05, 0) is 30.7 Å². The molecule has 4 nitrogen and oxygen atoms in total. The Morgan fingerprint density at radius 3 is 2.58 bits per heavy atom. The number of carbonyl (C=O) groups is 1. The van der Waals surface area contributed by atoms with Crippen molar-refractivity contribution in [2.45, 2.75) is 23.8 Å². The first kappa shape index (κ1) is 14.7. The number of hydrogen-bond acceptors (Lipinski definition) is 3. The molecule has 1 aromatic rings. The van der Waals surface area contributed by atoms with Crippen LogP contribution in [0.3, 0.4) is 0 Å². The summed E-state index contributed by atoms with van der Waals surface area (Å²) in [5.74, 6) is 0.530. The summed E-state index contributed by atoms with van der Waals surface area (Å²) in [6.07, 6.45) is 0.643. The first-order valence-corrected chi connectivity index (χ1v) is 8.27. The highest BCUT2D eigenvalue weighted by molar-refractivity contribution is 9.10. The van der Waals surface area contributed by atoms with Crippen molar-refractivity contribution in [1.82, 2.24) is 4.90 Å². The Labute approximate surface area is 123 Å². The Balaban J connectivity index is 1.72. The molecule has 1 atom stereocenters. The molecule has 1 N–H and O–H groups in total. The van der Waals surface area contributed by atoms with Crippen molar-refractivity contribution in [1.29, 1.82) is 0 Å². The fraction of sp³-hybridized carbons (Fsp3) is 0.462. The number of amides is 1. The molecule has 0 bridgehead atoms. The van der Waals surface area contributed by atoms with E-state index in [1.807, 2.05) is 24.3 Å². The summed E-state index contributed by atoms with van der Waals surface area (Å²) in [6.45, 7) is 0.878. The normalized spacial score (nSPS) is 17.1. The zero-order valence-electron chi connectivity index (χ0n) is 10.4. The van der Waals surface area contributed by atoms with Crippen LogP contribution in [0, 0.1) is 0 Å². The zero-order valence-corrected chi connectivity index (χ0v) is 12.8. The maximum absolute atomic E-state index is 12.0. The molecule has 1 aliphatic rings. The summed E-state index contributed by atoms with van der Waals surface area (Å²) >= 11 is 3.33. The van der Waals surface area contributed by atoms with E-state index in [0.717, 1.165) is 9.37 Å². The number of rotatable bonds is 5. The quantitative estimate of drug-likeness (QED) is 0.880. The van der Waals surface area contributed by atoms with Gasteiger partial charge in [0.2, 0.25) is 5.91 Å². The number of benzene rings is 1. The molecule has 0 spiro atoms. The minimum absolute atomic E-state index is 0.0399. The average molecular weight is 346 g/mol. The lowest BCUT2D eigenvalue weighted by atomic mass is 10.1. The number of halogens is 1. The predicted molar refractivity (Wildman–Crippen MR) is 77.2 cm³/mol. The number of β-amino-alcohol motifs (C(OH)–C–C–N with tert-alkyl or cyclic N) is 1. The van der Waals surface area contributed by atoms with Crippen molar-refractivity contribution in [2.24, 2.45) is 0 Å². The van der Waals surface area contributed by atoms with E-state index in [1.165, 1.54) is 0 Å². The molecule has 0 aliphatic carbocycles. The Morgan fingerprint density at radius 1 is 1.37 bits per heavy atom. The van der Waals surface area contributed by atoms with Gasteiger partial charge in [0, 0.05) is 34.6 Å². The van der Waals surface area contributed by atoms with Gasteiger partial charge in [0.15, 0.2) is 0 Å². The minimum atomic E-state index is -1.05. The molecule has 6 heteroatoms. The largest absolute Gasteiger partial charge is 0.389 e. The SMILES string of the molecule is O=C(CCCS(=O)c1ccc(Br)cc1)N1CC(O)C1. The van der Waals surface area contributed by atoms with Crippen molar-refractivity contribution in [3.63, 3.8) is 0 Å². The molecule has 19 heavy (non-hydrogen) atoms. The van der Waals surface area contributed by atoms with Gasteiger partial charge in [0.1, 0.15) is 0 Å². The van der Waals surface area contributed by atoms with Crippen LogP contribution >= 0.6 is 15.9 Å². The monoisotopic (exact) mass is 345 g/mol. The highest BCUT2D eigenvalue weighted by Gasteiger charge is 2.28. The smallest absolute Gasteiger partial charge is 0.222 e. The predicted octanol–water partition coefficient (Wildman–Crippen LogP) is 1.54. The lowest BCUT2D eigenvalue weighted by molar-refractivity contribution is -0.141. The molecule has 1 amide bonds. The molecule has 0 saturated carbocycles. The van der Waals surface area contributed by atoms with Gasteiger partial charge >= 0.3 is 0 Å². The molecule has 1 unspecified atom stereocenters. The van der Waals surface area contributed by atoms with E-state index in [0.29, 0.717) is 31.7 Å². The summed E-state index contributed by atoms with van der Waals surface area (Å²) in [5.41, 5.74) is 0. The maximum Gasteiger partial charge on any atom is 0.222 e. The van der Waals surface area contributed by atoms with Crippen LogP contribution in [0.25, 0.3) is 0 Å². The summed E-state index contributed by atoms with van der Waals surface area (Å²) < 4.78 is 12.9. The van der Waals surface area contributed by atoms with Gasteiger partial charge in [-0.15, -0.1) is 0 Å². The van der Waals surface area contributed by atoms with Gasteiger partial charge in [0.05, 0.1) is 16.9 Å². The topological polar surface area (TPSA) is 57.6 Å². The second-order valence-corrected chi connectivity index (χ2v) is 7.05. The molecule has 2 rings (SSSR count). The van der Waals surface area contributed by atoms with Gasteiger partial charge in [-0.25, -0.2) is 0 Å². The van der Waals surface area contributed by atoms with Gasteiger partial charge in [-0.2, -0.15) is 0 Å². The van der Waals surface area contributed by atoms with Crippen LogP contribution in [0.15, 0.2) is 33.6 Å². The fourth-order valence-corrected chi connectivity index (χ4v) is 3.22. The second kappa shape index (κ2) is 6.63. The first-order chi connectivity index (χ1) is 9.06. The van der Waals surface area contributed by atoms with Gasteiger partial charge in [-0.3, -0.25) is 9.00 Å². The highest BCUT2D eigenvalue weighted by Crippen LogP contribution is 2.15. The highest BCUT2D eigenvalue weighted by atomic mass is 79.9. The van der Waals surface area contributed by atoms with Crippen molar-refractivity contribution in [3.8, 4) is 0 Å². The molecule has 1 aliphatic heterocycles. The number of carbonyl (C=O) groups excluding carboxylic acids is 1. The average Bonchev–Trinajstić information content (AvgIpc) is 2.35. The number of hydrogen-bond donors (Lipinski definition) is 1. The van der Waals surface area contributed by atoms with Gasteiger partial charge in [0.25, 0.3) is 0 Å². The van der Waals surface area contributed by atoms with E-state index in [4.69, 9.17) is 5.11 Å². The van der Waals surface area contributed by atoms with Crippen molar-refractivity contribution >= 4 is 32.6 Å². The van der Waals surface area contributed by atoms with Crippen LogP contribution in [-0.4, -0.2) is 45.1 Å². The third kappa shape index (κ3) is 4.12. The van der Waals surface area contributed by atoms with Crippen LogP contribution in [0.5, 0.6) is 0 Å². The summed E-state index contributed by atoms with van der Waals surface area (Å²) in [7, 11) is -1.05. The number of aliphatic hydroxyl groups excluding tert-OH is 1. The summed E-state index contributed by atoms with van der Waals surface area (Å²) in [4.78, 5) is 14.1. The Hall–Kier alpha value is -0.720. The van der Waals surface area contributed by atoms with E-state index in [1.54, 1.807) is 4.90 Å². The van der Waals surface area contributed by atoms with Crippen LogP contribution < -0.4 is 0 Å². The summed E-state index contributed by atoms with van der Waals surface area (Å²) in [6, 6.07) is 7.38. The van der Waals surface area contributed by atoms with Gasteiger partial charge < -0.3 is 10.0 Å². The lowest BCUT2D eigenvalue weighted by Crippen LogP contribution is -2.53. The Bertz CT molecular complexity index is 471. The lowest BCUT2D eigenvalue weighted by Gasteiger charge is -2.35. The van der Waals surface area contributed by atoms with Crippen molar-refractivity contribution in [2.75, 3.05) is 18.8 Å². The molecular weight excluding hydrogens is 330 g/mol. The van der Waals surface area contributed by atoms with E-state index >= 15 is 0 Å². The molecule has 1 heterocycles. The Kier molecular flexibility index (Phi) is 5.13. The third-order valence-electron chi connectivity index (χ3n) is 3.01. The number of likely N-dealkylation sites (tertiary alicyclic amines) is 1. The van der Waals surface area contributed by atoms with Crippen LogP contribution in [0.1, 0.15) is 12.8 Å². The van der Waals surface area contributed by atoms with Gasteiger partial charge in [-0.1, -0.05) is 15.9 Å². The maximum atomic E-state index is 12.0. The van der Waals surface area contributed by atoms with Crippen LogP contribution in [0.2, 0.25) is 0 Å². The molecule has 104 valence electrons. The summed E-state index contributed by atoms with van der Waals surface area (Å²) in [5, 5.41) is 9.11. The molecule has 1 aromatic carbocycles. The fourth-order valence-electron chi connectivity index (χ4n) is 1.88. The zero-order chi connectivity index (χ0) is 13.8. The van der Waals surface area contributed by atoms with Crippen molar-refractivity contribution in [3.05, 3.63) is 28.7 Å². The molecular formula is C13H16BrNO3S. The Morgan fingerprint density at radius 2 is 2.00 bits per heavy atom. The molecule has 0 radical (unpaired) electrons. The van der Waals surface area contributed by atoms with Crippen LogP contribution in [0.4, 0.5) is 0 Å². The standard InChI is InChI=1S/C13H16BrNO3S/c14-10-3-5-12(6-4-10)19(18)7-1-2-13(17)15-8-11(16)9-15/h3-6,11,16H,1-2,7-9H2. The molecule has 0 aromatic heterocycles. The first-order valence-electron chi connectivity index (χ1n) is 6.16. The van der Waals surface area contributed by atoms with E-state index < -0.39 is 10.8 Å². The van der Waals surface area contributed by atoms with E-state index in [-0.39, 0.29) is 12.0 Å². The van der Waals surface area contributed by atoms with Crippen molar-refractivity contribution < 1.29 is 14.1 Å². The third-order valence-corrected chi connectivity index (χ3v) is 5.00. The minimum Gasteiger partial charge on any atom is -0.389 e. The number of nitrogens with zero attached hydrogens (tertiary/aromatic N) is 1. The number of aliphatic hydroxyl groups is 1.